The Bertz CT molecular complexity index is 536. The maximum absolute atomic E-state index is 5.45. The van der Waals surface area contributed by atoms with Gasteiger partial charge in [0, 0.05) is 13.1 Å². The van der Waals surface area contributed by atoms with Crippen LogP contribution in [0.3, 0.4) is 0 Å². The second-order valence-electron chi connectivity index (χ2n) is 8.61. The van der Waals surface area contributed by atoms with Gasteiger partial charge in [0.05, 0.1) is 0 Å². The van der Waals surface area contributed by atoms with E-state index in [1.54, 1.807) is 5.57 Å². The second-order valence-corrected chi connectivity index (χ2v) is 8.61. The van der Waals surface area contributed by atoms with Gasteiger partial charge in [-0.3, -0.25) is 0 Å². The fraction of sp³-hybridized carbons (Fsp3) is 0.762. The van der Waals surface area contributed by atoms with Crippen molar-refractivity contribution < 1.29 is 4.84 Å². The van der Waals surface area contributed by atoms with E-state index in [9.17, 15) is 0 Å². The van der Waals surface area contributed by atoms with Crippen LogP contribution in [0.2, 0.25) is 0 Å². The second kappa shape index (κ2) is 5.79. The Morgan fingerprint density at radius 2 is 2.04 bits per heavy atom. The summed E-state index contributed by atoms with van der Waals surface area (Å²) in [5, 5.41) is 3.67. The van der Waals surface area contributed by atoms with Gasteiger partial charge in [-0.25, -0.2) is 0 Å². The number of hydrogen-bond acceptors (Lipinski definition) is 2. The van der Waals surface area contributed by atoms with Crippen molar-refractivity contribution in [1.29, 1.82) is 0 Å². The van der Waals surface area contributed by atoms with Gasteiger partial charge in [-0.15, -0.1) is 11.7 Å². The Kier molecular flexibility index (Phi) is 3.90. The van der Waals surface area contributed by atoms with E-state index in [0.717, 1.165) is 36.5 Å². The molecule has 126 valence electrons. The van der Waals surface area contributed by atoms with Gasteiger partial charge in [0.15, 0.2) is 0 Å². The summed E-state index contributed by atoms with van der Waals surface area (Å²) in [5.74, 6) is 3.50. The molecule has 0 spiro atoms. The van der Waals surface area contributed by atoms with E-state index in [1.165, 1.54) is 44.9 Å². The molecule has 0 radical (unpaired) electrons. The molecule has 0 saturated heterocycles. The Morgan fingerprint density at radius 3 is 2.83 bits per heavy atom. The zero-order valence-electron chi connectivity index (χ0n) is 14.6. The van der Waals surface area contributed by atoms with Crippen LogP contribution in [0.1, 0.15) is 64.7 Å². The molecule has 2 heteroatoms. The fourth-order valence-corrected chi connectivity index (χ4v) is 6.80. The summed E-state index contributed by atoms with van der Waals surface area (Å²) in [5.41, 5.74) is 4.08. The Labute approximate surface area is 141 Å². The number of allylic oxidation sites excluding steroid dienone is 2. The summed E-state index contributed by atoms with van der Waals surface area (Å²) < 4.78 is 0. The van der Waals surface area contributed by atoms with Crippen molar-refractivity contribution in [2.24, 2.45) is 34.2 Å². The third-order valence-corrected chi connectivity index (χ3v) is 7.91. The SMILES string of the molecule is C=CC1CCC2C3CCC4=C(CCC(ON=C)C4)C3CCC12C. The molecular weight excluding hydrogens is 282 g/mol. The van der Waals surface area contributed by atoms with Crippen molar-refractivity contribution in [1.82, 2.24) is 0 Å². The van der Waals surface area contributed by atoms with Crippen LogP contribution in [0.5, 0.6) is 0 Å². The maximum atomic E-state index is 5.45. The molecule has 0 aromatic rings. The van der Waals surface area contributed by atoms with Crippen molar-refractivity contribution in [2.75, 3.05) is 0 Å². The molecule has 0 aromatic heterocycles. The Hall–Kier alpha value is -1.05. The zero-order chi connectivity index (χ0) is 16.0. The lowest BCUT2D eigenvalue weighted by Crippen LogP contribution is -2.43. The van der Waals surface area contributed by atoms with Gasteiger partial charge in [-0.05, 0) is 80.5 Å². The molecule has 2 fully saturated rings. The molecule has 23 heavy (non-hydrogen) atoms. The fourth-order valence-electron chi connectivity index (χ4n) is 6.80. The molecule has 0 aliphatic heterocycles. The van der Waals surface area contributed by atoms with Gasteiger partial charge in [-0.2, -0.15) is 0 Å². The van der Waals surface area contributed by atoms with Crippen LogP contribution >= 0.6 is 0 Å². The first-order chi connectivity index (χ1) is 11.2. The minimum atomic E-state index is 0.285. The van der Waals surface area contributed by atoms with Crippen LogP contribution in [0.4, 0.5) is 0 Å². The van der Waals surface area contributed by atoms with Crippen molar-refractivity contribution >= 4 is 6.72 Å². The summed E-state index contributed by atoms with van der Waals surface area (Å²) in [6.07, 6.45) is 14.4. The first-order valence-corrected chi connectivity index (χ1v) is 9.62. The highest BCUT2D eigenvalue weighted by molar-refractivity contribution is 5.27. The Balaban J connectivity index is 1.57. The van der Waals surface area contributed by atoms with E-state index in [1.807, 2.05) is 5.57 Å². The molecule has 0 bridgehead atoms. The van der Waals surface area contributed by atoms with Gasteiger partial charge in [0.25, 0.3) is 0 Å². The largest absolute Gasteiger partial charge is 0.393 e. The highest BCUT2D eigenvalue weighted by Gasteiger charge is 2.54. The van der Waals surface area contributed by atoms with Crippen LogP contribution in [0.25, 0.3) is 0 Å². The van der Waals surface area contributed by atoms with Crippen LogP contribution in [0.15, 0.2) is 29.0 Å². The molecule has 6 atom stereocenters. The van der Waals surface area contributed by atoms with Crippen LogP contribution in [-0.4, -0.2) is 12.8 Å². The van der Waals surface area contributed by atoms with Crippen molar-refractivity contribution in [3.05, 3.63) is 23.8 Å². The van der Waals surface area contributed by atoms with E-state index in [0.29, 0.717) is 5.41 Å². The summed E-state index contributed by atoms with van der Waals surface area (Å²) in [4.78, 5) is 5.45. The van der Waals surface area contributed by atoms with Crippen LogP contribution < -0.4 is 0 Å². The summed E-state index contributed by atoms with van der Waals surface area (Å²) in [7, 11) is 0. The summed E-state index contributed by atoms with van der Waals surface area (Å²) >= 11 is 0. The molecular formula is C21H31NO. The normalized spacial score (nSPS) is 45.7. The summed E-state index contributed by atoms with van der Waals surface area (Å²) in [6.45, 7) is 10.2. The van der Waals surface area contributed by atoms with Crippen molar-refractivity contribution in [2.45, 2.75) is 70.8 Å². The average Bonchev–Trinajstić information content (AvgIpc) is 2.91. The zero-order valence-corrected chi connectivity index (χ0v) is 14.6. The quantitative estimate of drug-likeness (QED) is 0.382. The lowest BCUT2D eigenvalue weighted by molar-refractivity contribution is 0.0135. The smallest absolute Gasteiger partial charge is 0.131 e. The van der Waals surface area contributed by atoms with Crippen molar-refractivity contribution in [3.63, 3.8) is 0 Å². The number of hydrogen-bond donors (Lipinski definition) is 0. The highest BCUT2D eigenvalue weighted by Crippen LogP contribution is 2.63. The molecule has 2 saturated carbocycles. The first kappa shape index (κ1) is 15.5. The van der Waals surface area contributed by atoms with Gasteiger partial charge in [-0.1, -0.05) is 24.1 Å². The molecule has 4 aliphatic rings. The lowest BCUT2D eigenvalue weighted by atomic mass is 9.53. The molecule has 4 rings (SSSR count). The topological polar surface area (TPSA) is 21.6 Å². The van der Waals surface area contributed by atoms with Gasteiger partial charge in [0.1, 0.15) is 6.10 Å². The molecule has 2 nitrogen and oxygen atoms in total. The van der Waals surface area contributed by atoms with E-state index in [4.69, 9.17) is 4.84 Å². The number of nitrogens with zero attached hydrogens (tertiary/aromatic N) is 1. The third-order valence-electron chi connectivity index (χ3n) is 7.91. The maximum Gasteiger partial charge on any atom is 0.131 e. The van der Waals surface area contributed by atoms with E-state index < -0.39 is 0 Å². The van der Waals surface area contributed by atoms with Gasteiger partial charge < -0.3 is 4.84 Å². The minimum absolute atomic E-state index is 0.285. The number of fused-ring (bicyclic) bond motifs is 4. The third kappa shape index (κ3) is 2.32. The average molecular weight is 313 g/mol. The molecule has 4 aliphatic carbocycles. The first-order valence-electron chi connectivity index (χ1n) is 9.62. The van der Waals surface area contributed by atoms with Gasteiger partial charge in [0.2, 0.25) is 0 Å². The lowest BCUT2D eigenvalue weighted by Gasteiger charge is -2.52. The van der Waals surface area contributed by atoms with E-state index >= 15 is 0 Å². The Morgan fingerprint density at radius 1 is 1.17 bits per heavy atom. The van der Waals surface area contributed by atoms with Crippen LogP contribution in [0, 0.1) is 29.1 Å². The predicted octanol–water partition coefficient (Wildman–Crippen LogP) is 5.51. The van der Waals surface area contributed by atoms with Crippen LogP contribution in [-0.2, 0) is 4.84 Å². The highest BCUT2D eigenvalue weighted by atomic mass is 16.6. The standard InChI is InChI=1S/C21H31NO/c1-4-15-6-10-20-19-8-5-14-13-16(23-22-3)7-9-17(14)18(19)11-12-21(15,20)2/h4,15-16,18-20H,1,3,5-13H2,2H3. The van der Waals surface area contributed by atoms with E-state index in [-0.39, 0.29) is 6.10 Å². The molecule has 0 aromatic carbocycles. The molecule has 0 amide bonds. The summed E-state index contributed by atoms with van der Waals surface area (Å²) in [6, 6.07) is 0. The molecule has 6 unspecified atom stereocenters. The van der Waals surface area contributed by atoms with E-state index in [2.05, 4.69) is 31.5 Å². The number of rotatable bonds is 3. The number of oxime groups is 1. The predicted molar refractivity (Wildman–Crippen MR) is 95.3 cm³/mol. The van der Waals surface area contributed by atoms with Crippen molar-refractivity contribution in [3.8, 4) is 0 Å². The molecule has 0 N–H and O–H groups in total. The minimum Gasteiger partial charge on any atom is -0.393 e. The molecule has 0 heterocycles. The monoisotopic (exact) mass is 313 g/mol. The van der Waals surface area contributed by atoms with Gasteiger partial charge >= 0.3 is 0 Å².